The van der Waals surface area contributed by atoms with Crippen LogP contribution in [0.2, 0.25) is 0 Å². The molecule has 0 aliphatic rings. The molecule has 7 heteroatoms. The molecule has 0 spiro atoms. The van der Waals surface area contributed by atoms with E-state index in [9.17, 15) is 10.1 Å². The highest BCUT2D eigenvalue weighted by Gasteiger charge is 2.09. The van der Waals surface area contributed by atoms with Crippen LogP contribution in [0.15, 0.2) is 18.2 Å². The number of anilines is 1. The summed E-state index contributed by atoms with van der Waals surface area (Å²) in [6.07, 6.45) is 1.14. The number of nitrogens with one attached hydrogen (secondary N) is 2. The van der Waals surface area contributed by atoms with Gasteiger partial charge < -0.3 is 15.2 Å². The lowest BCUT2D eigenvalue weighted by atomic mass is 10.3. The predicted octanol–water partition coefficient (Wildman–Crippen LogP) is 2.61. The number of nitrogens with zero attached hydrogens (tertiary/aromatic N) is 3. The largest absolute Gasteiger partial charge is 0.355 e. The normalized spacial score (nSPS) is 11.2. The molecular weight excluding hydrogens is 270 g/mol. The summed E-state index contributed by atoms with van der Waals surface area (Å²) >= 11 is 0. The summed E-state index contributed by atoms with van der Waals surface area (Å²) in [6.45, 7) is 8.17. The van der Waals surface area contributed by atoms with Gasteiger partial charge in [0.25, 0.3) is 5.69 Å². The quantitative estimate of drug-likeness (QED) is 0.576. The molecule has 0 aliphatic heterocycles. The summed E-state index contributed by atoms with van der Waals surface area (Å²) in [5.41, 5.74) is 1.47. The Morgan fingerprint density at radius 2 is 2.19 bits per heavy atom. The number of fused-ring (bicyclic) bond motifs is 1. The van der Waals surface area contributed by atoms with Crippen LogP contribution in [0.4, 0.5) is 11.6 Å². The lowest BCUT2D eigenvalue weighted by Gasteiger charge is -2.19. The molecule has 2 N–H and O–H groups in total. The number of aromatic amines is 1. The van der Waals surface area contributed by atoms with Crippen molar-refractivity contribution in [3.05, 3.63) is 28.3 Å². The van der Waals surface area contributed by atoms with Gasteiger partial charge in [0.1, 0.15) is 0 Å². The van der Waals surface area contributed by atoms with Crippen LogP contribution in [0, 0.1) is 10.1 Å². The monoisotopic (exact) mass is 291 g/mol. The van der Waals surface area contributed by atoms with E-state index in [2.05, 4.69) is 34.0 Å². The number of hydrogen-bond donors (Lipinski definition) is 2. The third-order valence-corrected chi connectivity index (χ3v) is 3.38. The Morgan fingerprint density at radius 1 is 1.38 bits per heavy atom. The second-order valence-electron chi connectivity index (χ2n) is 4.91. The van der Waals surface area contributed by atoms with E-state index >= 15 is 0 Å². The van der Waals surface area contributed by atoms with Crippen molar-refractivity contribution in [2.75, 3.05) is 31.5 Å². The highest BCUT2D eigenvalue weighted by Crippen LogP contribution is 2.20. The number of H-pyrrole nitrogens is 1. The topological polar surface area (TPSA) is 87.1 Å². The van der Waals surface area contributed by atoms with E-state index in [1.54, 1.807) is 6.07 Å². The van der Waals surface area contributed by atoms with Gasteiger partial charge in [-0.05, 0) is 25.6 Å². The molecule has 21 heavy (non-hydrogen) atoms. The zero-order chi connectivity index (χ0) is 15.2. The molecule has 0 amide bonds. The van der Waals surface area contributed by atoms with Crippen LogP contribution in [0.25, 0.3) is 11.0 Å². The molecule has 114 valence electrons. The van der Waals surface area contributed by atoms with Crippen molar-refractivity contribution >= 4 is 22.7 Å². The summed E-state index contributed by atoms with van der Waals surface area (Å²) in [5, 5.41) is 14.0. The van der Waals surface area contributed by atoms with Gasteiger partial charge in [-0.25, -0.2) is 4.98 Å². The van der Waals surface area contributed by atoms with Gasteiger partial charge in [0, 0.05) is 25.2 Å². The van der Waals surface area contributed by atoms with E-state index in [0.717, 1.165) is 38.1 Å². The standard InChI is InChI=1S/C14H21N5O2/c1-3-8-18(4-2)9-7-15-14-16-12-6-5-11(19(20)21)10-13(12)17-14/h5-6,10H,3-4,7-9H2,1-2H3,(H2,15,16,17). The highest BCUT2D eigenvalue weighted by atomic mass is 16.6. The van der Waals surface area contributed by atoms with Crippen molar-refractivity contribution in [1.82, 2.24) is 14.9 Å². The first-order valence-electron chi connectivity index (χ1n) is 7.24. The van der Waals surface area contributed by atoms with Gasteiger partial charge in [-0.1, -0.05) is 13.8 Å². The molecule has 0 radical (unpaired) electrons. The number of aromatic nitrogens is 2. The van der Waals surface area contributed by atoms with Crippen LogP contribution in [0.3, 0.4) is 0 Å². The summed E-state index contributed by atoms with van der Waals surface area (Å²) in [6, 6.07) is 4.63. The average molecular weight is 291 g/mol. The molecule has 0 saturated heterocycles. The van der Waals surface area contributed by atoms with Gasteiger partial charge in [-0.15, -0.1) is 0 Å². The molecule has 0 atom stereocenters. The number of benzene rings is 1. The Balaban J connectivity index is 1.98. The predicted molar refractivity (Wildman–Crippen MR) is 83.6 cm³/mol. The Labute approximate surface area is 123 Å². The van der Waals surface area contributed by atoms with E-state index in [-0.39, 0.29) is 5.69 Å². The van der Waals surface area contributed by atoms with Crippen molar-refractivity contribution in [2.45, 2.75) is 20.3 Å². The Bertz CT molecular complexity index is 610. The molecular formula is C14H21N5O2. The Morgan fingerprint density at radius 3 is 2.86 bits per heavy atom. The summed E-state index contributed by atoms with van der Waals surface area (Å²) in [7, 11) is 0. The Hall–Kier alpha value is -2.15. The average Bonchev–Trinajstić information content (AvgIpc) is 2.87. The minimum absolute atomic E-state index is 0.0674. The maximum absolute atomic E-state index is 10.7. The highest BCUT2D eigenvalue weighted by molar-refractivity contribution is 5.79. The van der Waals surface area contributed by atoms with Crippen LogP contribution in [-0.4, -0.2) is 46.0 Å². The van der Waals surface area contributed by atoms with Crippen LogP contribution in [0.5, 0.6) is 0 Å². The molecule has 1 heterocycles. The molecule has 0 unspecified atom stereocenters. The van der Waals surface area contributed by atoms with E-state index in [0.29, 0.717) is 11.5 Å². The van der Waals surface area contributed by atoms with Crippen LogP contribution in [-0.2, 0) is 0 Å². The summed E-state index contributed by atoms with van der Waals surface area (Å²) < 4.78 is 0. The van der Waals surface area contributed by atoms with Crippen LogP contribution >= 0.6 is 0 Å². The maximum Gasteiger partial charge on any atom is 0.271 e. The van der Waals surface area contributed by atoms with Gasteiger partial charge >= 0.3 is 0 Å². The molecule has 1 aromatic carbocycles. The van der Waals surface area contributed by atoms with E-state index < -0.39 is 4.92 Å². The fraction of sp³-hybridized carbons (Fsp3) is 0.500. The number of non-ortho nitro benzene ring substituents is 1. The van der Waals surface area contributed by atoms with Crippen molar-refractivity contribution < 1.29 is 4.92 Å². The number of likely N-dealkylation sites (N-methyl/N-ethyl adjacent to an activating group) is 1. The molecule has 0 saturated carbocycles. The van der Waals surface area contributed by atoms with Gasteiger partial charge in [0.2, 0.25) is 5.95 Å². The van der Waals surface area contributed by atoms with Crippen molar-refractivity contribution in [2.24, 2.45) is 0 Å². The lowest BCUT2D eigenvalue weighted by Crippen LogP contribution is -2.29. The minimum Gasteiger partial charge on any atom is -0.355 e. The SMILES string of the molecule is CCCN(CC)CCNc1nc2ccc([N+](=O)[O-])cc2[nH]1. The van der Waals surface area contributed by atoms with Gasteiger partial charge in [0.15, 0.2) is 0 Å². The number of rotatable bonds is 8. The van der Waals surface area contributed by atoms with E-state index in [4.69, 9.17) is 0 Å². The Kier molecular flexibility index (Phi) is 5.10. The van der Waals surface area contributed by atoms with Crippen molar-refractivity contribution in [3.63, 3.8) is 0 Å². The summed E-state index contributed by atoms with van der Waals surface area (Å²) in [5.74, 6) is 0.651. The van der Waals surface area contributed by atoms with Gasteiger partial charge in [-0.3, -0.25) is 10.1 Å². The smallest absolute Gasteiger partial charge is 0.271 e. The van der Waals surface area contributed by atoms with E-state index in [1.807, 2.05) is 0 Å². The molecule has 7 nitrogen and oxygen atoms in total. The second-order valence-corrected chi connectivity index (χ2v) is 4.91. The first-order chi connectivity index (χ1) is 10.1. The molecule has 0 fully saturated rings. The fourth-order valence-electron chi connectivity index (χ4n) is 2.27. The number of nitro benzene ring substituents is 1. The minimum atomic E-state index is -0.406. The number of nitro groups is 1. The zero-order valence-electron chi connectivity index (χ0n) is 12.4. The van der Waals surface area contributed by atoms with Crippen LogP contribution < -0.4 is 5.32 Å². The molecule has 2 rings (SSSR count). The second kappa shape index (κ2) is 7.03. The maximum atomic E-state index is 10.7. The molecule has 0 bridgehead atoms. The third kappa shape index (κ3) is 3.91. The van der Waals surface area contributed by atoms with Gasteiger partial charge in [0.05, 0.1) is 16.0 Å². The first-order valence-corrected chi connectivity index (χ1v) is 7.24. The fourth-order valence-corrected chi connectivity index (χ4v) is 2.27. The van der Waals surface area contributed by atoms with E-state index in [1.165, 1.54) is 12.1 Å². The summed E-state index contributed by atoms with van der Waals surface area (Å²) in [4.78, 5) is 20.1. The van der Waals surface area contributed by atoms with Crippen molar-refractivity contribution in [3.8, 4) is 0 Å². The third-order valence-electron chi connectivity index (χ3n) is 3.38. The molecule has 1 aromatic heterocycles. The lowest BCUT2D eigenvalue weighted by molar-refractivity contribution is -0.384. The molecule has 0 aliphatic carbocycles. The number of hydrogen-bond acceptors (Lipinski definition) is 5. The zero-order valence-corrected chi connectivity index (χ0v) is 12.4. The first kappa shape index (κ1) is 15.2. The van der Waals surface area contributed by atoms with Crippen LogP contribution in [0.1, 0.15) is 20.3 Å². The number of imidazole rings is 1. The van der Waals surface area contributed by atoms with Crippen molar-refractivity contribution in [1.29, 1.82) is 0 Å². The van der Waals surface area contributed by atoms with Gasteiger partial charge in [-0.2, -0.15) is 0 Å². The molecule has 2 aromatic rings.